The molecule has 180 valence electrons. The van der Waals surface area contributed by atoms with Crippen LogP contribution in [0.5, 0.6) is 0 Å². The van der Waals surface area contributed by atoms with E-state index in [-0.39, 0.29) is 18.5 Å². The fourth-order valence-electron chi connectivity index (χ4n) is 3.27. The van der Waals surface area contributed by atoms with E-state index >= 15 is 0 Å². The molecule has 0 aliphatic rings. The topological polar surface area (TPSA) is 86.8 Å². The minimum absolute atomic E-state index is 0.0461. The molecule has 7 nitrogen and oxygen atoms in total. The first-order valence-electron chi connectivity index (χ1n) is 10.8. The van der Waals surface area contributed by atoms with Crippen LogP contribution < -0.4 is 9.62 Å². The molecule has 0 bridgehead atoms. The van der Waals surface area contributed by atoms with Gasteiger partial charge in [0.15, 0.2) is 0 Å². The zero-order valence-corrected chi connectivity index (χ0v) is 21.3. The lowest BCUT2D eigenvalue weighted by Crippen LogP contribution is -2.52. The Morgan fingerprint density at radius 1 is 1.09 bits per heavy atom. The molecule has 33 heavy (non-hydrogen) atoms. The van der Waals surface area contributed by atoms with Gasteiger partial charge in [-0.3, -0.25) is 13.9 Å². The number of anilines is 1. The second-order valence-electron chi connectivity index (χ2n) is 8.20. The largest absolute Gasteiger partial charge is 0.352 e. The minimum atomic E-state index is -3.80. The Balaban J connectivity index is 2.40. The Morgan fingerprint density at radius 2 is 1.73 bits per heavy atom. The molecule has 0 saturated carbocycles. The number of carbonyl (C=O) groups is 2. The van der Waals surface area contributed by atoms with E-state index in [9.17, 15) is 18.0 Å². The highest BCUT2D eigenvalue weighted by Gasteiger charge is 2.31. The van der Waals surface area contributed by atoms with Crippen molar-refractivity contribution in [2.45, 2.75) is 52.7 Å². The van der Waals surface area contributed by atoms with Gasteiger partial charge < -0.3 is 10.2 Å². The van der Waals surface area contributed by atoms with Gasteiger partial charge >= 0.3 is 0 Å². The van der Waals surface area contributed by atoms with Crippen molar-refractivity contribution in [2.75, 3.05) is 17.1 Å². The molecule has 0 heterocycles. The van der Waals surface area contributed by atoms with E-state index in [2.05, 4.69) is 5.32 Å². The third kappa shape index (κ3) is 7.47. The van der Waals surface area contributed by atoms with Crippen LogP contribution >= 0.6 is 11.6 Å². The van der Waals surface area contributed by atoms with Crippen LogP contribution in [0.2, 0.25) is 5.02 Å². The molecule has 2 aromatic rings. The molecule has 1 N–H and O–H groups in total. The maximum atomic E-state index is 13.5. The first-order chi connectivity index (χ1) is 15.4. The Hall–Kier alpha value is -2.58. The first kappa shape index (κ1) is 26.7. The molecule has 2 aromatic carbocycles. The fraction of sp³-hybridized carbons (Fsp3) is 0.417. The average Bonchev–Trinajstić information content (AvgIpc) is 2.76. The van der Waals surface area contributed by atoms with Crippen molar-refractivity contribution in [3.8, 4) is 0 Å². The van der Waals surface area contributed by atoms with Gasteiger partial charge in [-0.2, -0.15) is 0 Å². The average molecular weight is 494 g/mol. The number of halogens is 1. The van der Waals surface area contributed by atoms with Gasteiger partial charge in [0.25, 0.3) is 0 Å². The monoisotopic (exact) mass is 493 g/mol. The van der Waals surface area contributed by atoms with Gasteiger partial charge in [0.1, 0.15) is 12.6 Å². The summed E-state index contributed by atoms with van der Waals surface area (Å²) in [4.78, 5) is 27.7. The summed E-state index contributed by atoms with van der Waals surface area (Å²) in [5.74, 6) is -0.783. The highest BCUT2D eigenvalue weighted by Crippen LogP contribution is 2.26. The van der Waals surface area contributed by atoms with Gasteiger partial charge in [-0.1, -0.05) is 54.9 Å². The van der Waals surface area contributed by atoms with Crippen LogP contribution in [0.3, 0.4) is 0 Å². The number of amides is 2. The van der Waals surface area contributed by atoms with Gasteiger partial charge in [-0.25, -0.2) is 8.42 Å². The molecule has 2 amide bonds. The quantitative estimate of drug-likeness (QED) is 0.546. The molecule has 0 aromatic heterocycles. The second kappa shape index (κ2) is 11.5. The lowest BCUT2D eigenvalue weighted by atomic mass is 10.1. The van der Waals surface area contributed by atoms with E-state index in [1.54, 1.807) is 26.0 Å². The molecular formula is C24H32ClN3O4S. The highest BCUT2D eigenvalue weighted by atomic mass is 35.5. The molecule has 2 rings (SSSR count). The Kier molecular flexibility index (Phi) is 9.31. The number of sulfonamides is 1. The summed E-state index contributed by atoms with van der Waals surface area (Å²) >= 11 is 6.10. The number of hydrogen-bond acceptors (Lipinski definition) is 4. The lowest BCUT2D eigenvalue weighted by molar-refractivity contribution is -0.139. The third-order valence-corrected chi connectivity index (χ3v) is 6.84. The molecule has 0 aliphatic heterocycles. The van der Waals surface area contributed by atoms with Crippen molar-refractivity contribution in [1.82, 2.24) is 10.2 Å². The highest BCUT2D eigenvalue weighted by molar-refractivity contribution is 7.92. The van der Waals surface area contributed by atoms with Crippen LogP contribution in [0.25, 0.3) is 0 Å². The summed E-state index contributed by atoms with van der Waals surface area (Å²) in [5.41, 5.74) is 1.82. The molecule has 0 radical (unpaired) electrons. The normalized spacial score (nSPS) is 13.2. The first-order valence-corrected chi connectivity index (χ1v) is 13.0. The van der Waals surface area contributed by atoms with Gasteiger partial charge in [0.05, 0.1) is 11.9 Å². The van der Waals surface area contributed by atoms with E-state index in [1.165, 1.54) is 11.0 Å². The van der Waals surface area contributed by atoms with Crippen molar-refractivity contribution in [1.29, 1.82) is 0 Å². The number of nitrogens with one attached hydrogen (secondary N) is 1. The van der Waals surface area contributed by atoms with E-state index in [0.717, 1.165) is 22.5 Å². The number of rotatable bonds is 10. The molecule has 0 spiro atoms. The third-order valence-electron chi connectivity index (χ3n) is 5.48. The minimum Gasteiger partial charge on any atom is -0.352 e. The van der Waals surface area contributed by atoms with Crippen LogP contribution in [-0.4, -0.2) is 50.0 Å². The number of hydrogen-bond donors (Lipinski definition) is 1. The maximum absolute atomic E-state index is 13.5. The standard InChI is InChI=1S/C24H32ClN3O4S/c1-6-18(3)26-24(30)19(4)27(15-20-10-8-7-9-11-20)23(29)16-28(33(5,31)32)22-14-21(25)13-12-17(22)2/h7-14,18-19H,6,15-16H2,1-5H3,(H,26,30)/t18-,19+/m1/s1. The van der Waals surface area contributed by atoms with Crippen molar-refractivity contribution in [3.63, 3.8) is 0 Å². The van der Waals surface area contributed by atoms with E-state index in [4.69, 9.17) is 11.6 Å². The van der Waals surface area contributed by atoms with Crippen LogP contribution in [0.4, 0.5) is 5.69 Å². The number of carbonyl (C=O) groups excluding carboxylic acids is 2. The lowest BCUT2D eigenvalue weighted by Gasteiger charge is -2.32. The molecule has 9 heteroatoms. The SMILES string of the molecule is CC[C@@H](C)NC(=O)[C@H](C)N(Cc1ccccc1)C(=O)CN(c1cc(Cl)ccc1C)S(C)(=O)=O. The van der Waals surface area contributed by atoms with E-state index < -0.39 is 28.5 Å². The number of aryl methyl sites for hydroxylation is 1. The molecule has 0 saturated heterocycles. The molecular weight excluding hydrogens is 462 g/mol. The van der Waals surface area contributed by atoms with Crippen LogP contribution in [0.1, 0.15) is 38.3 Å². The summed E-state index contributed by atoms with van der Waals surface area (Å²) in [6.45, 7) is 6.96. The zero-order chi connectivity index (χ0) is 24.8. The van der Waals surface area contributed by atoms with Crippen molar-refractivity contribution < 1.29 is 18.0 Å². The second-order valence-corrected chi connectivity index (χ2v) is 10.5. The summed E-state index contributed by atoms with van der Waals surface area (Å²) in [7, 11) is -3.80. The summed E-state index contributed by atoms with van der Waals surface area (Å²) in [6, 6.07) is 13.3. The van der Waals surface area contributed by atoms with Crippen LogP contribution in [0.15, 0.2) is 48.5 Å². The summed E-state index contributed by atoms with van der Waals surface area (Å²) in [6.07, 6.45) is 1.79. The molecule has 0 unspecified atom stereocenters. The van der Waals surface area contributed by atoms with Gasteiger partial charge in [-0.15, -0.1) is 0 Å². The van der Waals surface area contributed by atoms with Crippen molar-refractivity contribution in [2.24, 2.45) is 0 Å². The summed E-state index contributed by atoms with van der Waals surface area (Å²) < 4.78 is 26.3. The van der Waals surface area contributed by atoms with Crippen LogP contribution in [-0.2, 0) is 26.2 Å². The Labute approximate surface area is 201 Å². The Morgan fingerprint density at radius 3 is 2.30 bits per heavy atom. The number of nitrogens with zero attached hydrogens (tertiary/aromatic N) is 2. The van der Waals surface area contributed by atoms with Gasteiger partial charge in [0, 0.05) is 17.6 Å². The predicted molar refractivity (Wildman–Crippen MR) is 133 cm³/mol. The van der Waals surface area contributed by atoms with Gasteiger partial charge in [-0.05, 0) is 50.5 Å². The van der Waals surface area contributed by atoms with Gasteiger partial charge in [0.2, 0.25) is 21.8 Å². The van der Waals surface area contributed by atoms with Crippen LogP contribution in [0, 0.1) is 6.92 Å². The summed E-state index contributed by atoms with van der Waals surface area (Å²) in [5, 5.41) is 3.26. The number of benzene rings is 2. The Bertz CT molecular complexity index is 1080. The maximum Gasteiger partial charge on any atom is 0.244 e. The van der Waals surface area contributed by atoms with E-state index in [0.29, 0.717) is 16.3 Å². The smallest absolute Gasteiger partial charge is 0.244 e. The fourth-order valence-corrected chi connectivity index (χ4v) is 4.34. The molecule has 2 atom stereocenters. The molecule has 0 fully saturated rings. The van der Waals surface area contributed by atoms with E-state index in [1.807, 2.05) is 44.2 Å². The molecule has 0 aliphatic carbocycles. The van der Waals surface area contributed by atoms with Crippen molar-refractivity contribution in [3.05, 3.63) is 64.7 Å². The predicted octanol–water partition coefficient (Wildman–Crippen LogP) is 3.75. The zero-order valence-electron chi connectivity index (χ0n) is 19.7. The van der Waals surface area contributed by atoms with Crippen molar-refractivity contribution >= 4 is 39.1 Å².